The van der Waals surface area contributed by atoms with Crippen LogP contribution >= 0.6 is 0 Å². The largest absolute Gasteiger partial charge is 0.492 e. The number of amides is 2. The minimum absolute atomic E-state index is 0.129. The zero-order chi connectivity index (χ0) is 20.8. The molecule has 3 rings (SSSR count). The smallest absolute Gasteiger partial charge is 0.292 e. The Hall–Kier alpha value is -3.39. The van der Waals surface area contributed by atoms with E-state index in [2.05, 4.69) is 15.6 Å². The highest BCUT2D eigenvalue weighted by molar-refractivity contribution is 6.06. The van der Waals surface area contributed by atoms with E-state index in [0.29, 0.717) is 36.6 Å². The Morgan fingerprint density at radius 3 is 2.62 bits per heavy atom. The van der Waals surface area contributed by atoms with Gasteiger partial charge in [-0.15, -0.1) is 0 Å². The molecule has 0 saturated carbocycles. The summed E-state index contributed by atoms with van der Waals surface area (Å²) in [7, 11) is 3.86. The summed E-state index contributed by atoms with van der Waals surface area (Å²) < 4.78 is 7.17. The summed E-state index contributed by atoms with van der Waals surface area (Å²) in [5, 5.41) is 5.67. The number of para-hydroxylation sites is 2. The van der Waals surface area contributed by atoms with Crippen LogP contribution in [0.3, 0.4) is 0 Å². The number of aromatic nitrogens is 2. The second-order valence-corrected chi connectivity index (χ2v) is 6.68. The van der Waals surface area contributed by atoms with Gasteiger partial charge in [-0.05, 0) is 45.3 Å². The molecule has 0 aliphatic heterocycles. The van der Waals surface area contributed by atoms with Crippen LogP contribution in [0.25, 0.3) is 5.52 Å². The van der Waals surface area contributed by atoms with Crippen molar-refractivity contribution in [3.8, 4) is 5.75 Å². The molecule has 3 aromatic rings. The van der Waals surface area contributed by atoms with Gasteiger partial charge in [0.2, 0.25) is 5.82 Å². The average Bonchev–Trinajstić information content (AvgIpc) is 3.09. The molecule has 29 heavy (non-hydrogen) atoms. The molecule has 8 heteroatoms. The summed E-state index contributed by atoms with van der Waals surface area (Å²) in [4.78, 5) is 31.9. The highest BCUT2D eigenvalue weighted by Gasteiger charge is 2.22. The second kappa shape index (κ2) is 9.20. The van der Waals surface area contributed by atoms with Crippen molar-refractivity contribution in [1.29, 1.82) is 0 Å². The standard InChI is InChI=1S/C21H25N5O3/c1-4-29-17-11-6-5-9-15(17)23-21(28)19-24-18(16-10-7-8-13-26(16)19)20(27)22-12-14-25(2)3/h5-11,13H,4,12,14H2,1-3H3,(H,22,27)(H,23,28). The molecule has 0 atom stereocenters. The van der Waals surface area contributed by atoms with Gasteiger partial charge in [-0.2, -0.15) is 0 Å². The Morgan fingerprint density at radius 2 is 1.86 bits per heavy atom. The van der Waals surface area contributed by atoms with Gasteiger partial charge in [-0.25, -0.2) is 4.98 Å². The number of hydrogen-bond donors (Lipinski definition) is 2. The van der Waals surface area contributed by atoms with Crippen molar-refractivity contribution >= 4 is 23.0 Å². The van der Waals surface area contributed by atoms with Crippen molar-refractivity contribution in [3.63, 3.8) is 0 Å². The van der Waals surface area contributed by atoms with Gasteiger partial charge in [-0.1, -0.05) is 18.2 Å². The zero-order valence-electron chi connectivity index (χ0n) is 16.8. The molecule has 0 spiro atoms. The lowest BCUT2D eigenvalue weighted by Crippen LogP contribution is -2.31. The average molecular weight is 395 g/mol. The fourth-order valence-electron chi connectivity index (χ4n) is 2.87. The normalized spacial score (nSPS) is 10.9. The molecule has 2 N–H and O–H groups in total. The van der Waals surface area contributed by atoms with Crippen molar-refractivity contribution in [1.82, 2.24) is 19.6 Å². The Labute approximate surface area is 169 Å². The SMILES string of the molecule is CCOc1ccccc1NC(=O)c1nc(C(=O)NCCN(C)C)c2ccccn12. The Bertz CT molecular complexity index is 1010. The Balaban J connectivity index is 1.88. The van der Waals surface area contributed by atoms with Crippen LogP contribution in [0, 0.1) is 0 Å². The van der Waals surface area contributed by atoms with Crippen molar-refractivity contribution in [3.05, 3.63) is 60.2 Å². The molecule has 0 aliphatic rings. The van der Waals surface area contributed by atoms with Gasteiger partial charge in [0.15, 0.2) is 5.69 Å². The number of imidazole rings is 1. The maximum atomic E-state index is 12.9. The summed E-state index contributed by atoms with van der Waals surface area (Å²) in [6, 6.07) is 12.5. The number of pyridine rings is 1. The van der Waals surface area contributed by atoms with E-state index in [1.807, 2.05) is 38.1 Å². The van der Waals surface area contributed by atoms with E-state index in [0.717, 1.165) is 0 Å². The summed E-state index contributed by atoms with van der Waals surface area (Å²) in [5.74, 6) is -0.0365. The van der Waals surface area contributed by atoms with Gasteiger partial charge >= 0.3 is 0 Å². The lowest BCUT2D eigenvalue weighted by atomic mass is 10.3. The summed E-state index contributed by atoms with van der Waals surface area (Å²) >= 11 is 0. The summed E-state index contributed by atoms with van der Waals surface area (Å²) in [6.07, 6.45) is 1.71. The molecule has 1 aromatic carbocycles. The van der Waals surface area contributed by atoms with Crippen LogP contribution in [0.2, 0.25) is 0 Å². The van der Waals surface area contributed by atoms with Gasteiger partial charge in [0.05, 0.1) is 17.8 Å². The molecule has 2 amide bonds. The van der Waals surface area contributed by atoms with Crippen LogP contribution in [0.4, 0.5) is 5.69 Å². The van der Waals surface area contributed by atoms with Gasteiger partial charge in [0.25, 0.3) is 11.8 Å². The van der Waals surface area contributed by atoms with Crippen molar-refractivity contribution in [2.45, 2.75) is 6.92 Å². The number of nitrogens with one attached hydrogen (secondary N) is 2. The van der Waals surface area contributed by atoms with Crippen LogP contribution in [-0.2, 0) is 0 Å². The number of likely N-dealkylation sites (N-methyl/N-ethyl adjacent to an activating group) is 1. The van der Waals surface area contributed by atoms with Crippen LogP contribution in [0.15, 0.2) is 48.7 Å². The number of rotatable bonds is 8. The molecule has 0 unspecified atom stereocenters. The van der Waals surface area contributed by atoms with E-state index >= 15 is 0 Å². The molecule has 0 saturated heterocycles. The van der Waals surface area contributed by atoms with Crippen LogP contribution in [0.1, 0.15) is 28.0 Å². The highest BCUT2D eigenvalue weighted by atomic mass is 16.5. The highest BCUT2D eigenvalue weighted by Crippen LogP contribution is 2.24. The van der Waals surface area contributed by atoms with Crippen LogP contribution < -0.4 is 15.4 Å². The number of carbonyl (C=O) groups excluding carboxylic acids is 2. The second-order valence-electron chi connectivity index (χ2n) is 6.68. The predicted octanol–water partition coefficient (Wildman–Crippen LogP) is 2.28. The van der Waals surface area contributed by atoms with Gasteiger partial charge < -0.3 is 20.3 Å². The van der Waals surface area contributed by atoms with E-state index in [4.69, 9.17) is 4.74 Å². The maximum absolute atomic E-state index is 12.9. The van der Waals surface area contributed by atoms with E-state index in [1.165, 1.54) is 0 Å². The quantitative estimate of drug-likeness (QED) is 0.611. The molecule has 2 aromatic heterocycles. The Morgan fingerprint density at radius 1 is 1.10 bits per heavy atom. The van der Waals surface area contributed by atoms with E-state index in [1.54, 1.807) is 40.9 Å². The number of benzene rings is 1. The zero-order valence-corrected chi connectivity index (χ0v) is 16.8. The predicted molar refractivity (Wildman–Crippen MR) is 112 cm³/mol. The number of nitrogens with zero attached hydrogens (tertiary/aromatic N) is 3. The molecule has 0 aliphatic carbocycles. The third kappa shape index (κ3) is 4.72. The first-order valence-corrected chi connectivity index (χ1v) is 9.44. The third-order valence-corrected chi connectivity index (χ3v) is 4.25. The van der Waals surface area contributed by atoms with Gasteiger partial charge in [0.1, 0.15) is 5.75 Å². The van der Waals surface area contributed by atoms with Crippen molar-refractivity contribution in [2.24, 2.45) is 0 Å². The van der Waals surface area contributed by atoms with Gasteiger partial charge in [-0.3, -0.25) is 14.0 Å². The fraction of sp³-hybridized carbons (Fsp3) is 0.286. The first-order valence-electron chi connectivity index (χ1n) is 9.44. The minimum atomic E-state index is -0.425. The lowest BCUT2D eigenvalue weighted by molar-refractivity contribution is 0.0948. The van der Waals surface area contributed by atoms with E-state index in [9.17, 15) is 9.59 Å². The Kier molecular flexibility index (Phi) is 6.46. The number of hydrogen-bond acceptors (Lipinski definition) is 5. The minimum Gasteiger partial charge on any atom is -0.492 e. The van der Waals surface area contributed by atoms with E-state index < -0.39 is 5.91 Å². The number of fused-ring (bicyclic) bond motifs is 1. The van der Waals surface area contributed by atoms with Crippen LogP contribution in [0.5, 0.6) is 5.75 Å². The van der Waals surface area contributed by atoms with Crippen molar-refractivity contribution < 1.29 is 14.3 Å². The van der Waals surface area contributed by atoms with Crippen molar-refractivity contribution in [2.75, 3.05) is 39.1 Å². The molecular weight excluding hydrogens is 370 g/mol. The molecule has 0 fully saturated rings. The monoisotopic (exact) mass is 395 g/mol. The molecule has 152 valence electrons. The molecule has 0 bridgehead atoms. The molecular formula is C21H25N5O3. The summed E-state index contributed by atoms with van der Waals surface area (Å²) in [5.41, 5.74) is 1.33. The first kappa shape index (κ1) is 20.3. The number of carbonyl (C=O) groups is 2. The topological polar surface area (TPSA) is 88.0 Å². The fourth-order valence-corrected chi connectivity index (χ4v) is 2.87. The summed E-state index contributed by atoms with van der Waals surface area (Å²) in [6.45, 7) is 3.55. The maximum Gasteiger partial charge on any atom is 0.292 e. The molecule has 8 nitrogen and oxygen atoms in total. The van der Waals surface area contributed by atoms with E-state index in [-0.39, 0.29) is 17.4 Å². The molecule has 2 heterocycles. The van der Waals surface area contributed by atoms with Crippen LogP contribution in [-0.4, -0.2) is 59.9 Å². The molecule has 0 radical (unpaired) electrons. The third-order valence-electron chi connectivity index (χ3n) is 4.25. The number of ether oxygens (including phenoxy) is 1. The first-order chi connectivity index (χ1) is 14.0. The lowest BCUT2D eigenvalue weighted by Gasteiger charge is -2.10. The number of anilines is 1. The van der Waals surface area contributed by atoms with Gasteiger partial charge in [0, 0.05) is 19.3 Å².